The molecule has 1 unspecified atom stereocenters. The van der Waals surface area contributed by atoms with Gasteiger partial charge in [0.2, 0.25) is 0 Å². The zero-order valence-electron chi connectivity index (χ0n) is 10.4. The lowest BCUT2D eigenvalue weighted by atomic mass is 9.86. The third kappa shape index (κ3) is 2.75. The normalized spacial score (nSPS) is 12.6. The van der Waals surface area contributed by atoms with Crippen molar-refractivity contribution in [1.82, 2.24) is 5.32 Å². The summed E-state index contributed by atoms with van der Waals surface area (Å²) in [6.07, 6.45) is 0. The molecule has 0 amide bonds. The average Bonchev–Trinajstić information content (AvgIpc) is 2.41. The van der Waals surface area contributed by atoms with Gasteiger partial charge in [0.1, 0.15) is 0 Å². The van der Waals surface area contributed by atoms with Gasteiger partial charge in [-0.2, -0.15) is 0 Å². The van der Waals surface area contributed by atoms with Crippen LogP contribution in [0.1, 0.15) is 24.0 Å². The lowest BCUT2D eigenvalue weighted by molar-refractivity contribution is 0.547. The minimum Gasteiger partial charge on any atom is -0.316 e. The highest BCUT2D eigenvalue weighted by Gasteiger charge is 2.19. The van der Waals surface area contributed by atoms with Crippen LogP contribution in [0.5, 0.6) is 0 Å². The fourth-order valence-corrected chi connectivity index (χ4v) is 2.26. The second-order valence-electron chi connectivity index (χ2n) is 4.38. The molecule has 0 bridgehead atoms. The Labute approximate surface area is 103 Å². The summed E-state index contributed by atoms with van der Waals surface area (Å²) in [5.74, 6) is 0.405. The van der Waals surface area contributed by atoms with E-state index in [-0.39, 0.29) is 0 Å². The van der Waals surface area contributed by atoms with Gasteiger partial charge in [0.15, 0.2) is 0 Å². The van der Waals surface area contributed by atoms with E-state index in [9.17, 15) is 0 Å². The highest BCUT2D eigenvalue weighted by atomic mass is 14.9. The molecule has 0 aliphatic heterocycles. The molecular weight excluding hydrogens is 206 g/mol. The van der Waals surface area contributed by atoms with Crippen LogP contribution in [0.2, 0.25) is 0 Å². The van der Waals surface area contributed by atoms with Gasteiger partial charge in [-0.05, 0) is 25.1 Å². The van der Waals surface area contributed by atoms with Crippen LogP contribution >= 0.6 is 0 Å². The highest BCUT2D eigenvalue weighted by molar-refractivity contribution is 5.33. The molecule has 2 aromatic carbocycles. The minimum atomic E-state index is 0.405. The standard InChI is InChI=1S/C16H19N/c1-13(17-2)16(14-9-5-3-6-10-14)15-11-7-4-8-12-15/h3-13,16-17H,1-2H3. The van der Waals surface area contributed by atoms with E-state index in [1.807, 2.05) is 7.05 Å². The molecule has 88 valence electrons. The first-order chi connectivity index (χ1) is 8.33. The van der Waals surface area contributed by atoms with Crippen molar-refractivity contribution in [1.29, 1.82) is 0 Å². The molecule has 1 nitrogen and oxygen atoms in total. The summed E-state index contributed by atoms with van der Waals surface area (Å²) in [5, 5.41) is 3.36. The van der Waals surface area contributed by atoms with Gasteiger partial charge < -0.3 is 5.32 Å². The first-order valence-corrected chi connectivity index (χ1v) is 6.10. The molecule has 0 radical (unpaired) electrons. The molecule has 0 aromatic heterocycles. The summed E-state index contributed by atoms with van der Waals surface area (Å²) in [6, 6.07) is 21.8. The first kappa shape index (κ1) is 11.9. The summed E-state index contributed by atoms with van der Waals surface area (Å²) in [7, 11) is 2.02. The van der Waals surface area contributed by atoms with Crippen LogP contribution in [0.25, 0.3) is 0 Å². The van der Waals surface area contributed by atoms with Crippen LogP contribution in [-0.2, 0) is 0 Å². The van der Waals surface area contributed by atoms with E-state index in [1.165, 1.54) is 11.1 Å². The van der Waals surface area contributed by atoms with Crippen LogP contribution in [0.15, 0.2) is 60.7 Å². The maximum atomic E-state index is 3.36. The van der Waals surface area contributed by atoms with E-state index < -0.39 is 0 Å². The Kier molecular flexibility index (Phi) is 3.94. The van der Waals surface area contributed by atoms with Crippen LogP contribution in [0, 0.1) is 0 Å². The van der Waals surface area contributed by atoms with E-state index in [1.54, 1.807) is 0 Å². The zero-order valence-corrected chi connectivity index (χ0v) is 10.4. The number of hydrogen-bond acceptors (Lipinski definition) is 1. The molecule has 0 aliphatic carbocycles. The molecule has 1 N–H and O–H groups in total. The van der Waals surface area contributed by atoms with Crippen LogP contribution in [-0.4, -0.2) is 13.1 Å². The number of likely N-dealkylation sites (N-methyl/N-ethyl adjacent to an activating group) is 1. The van der Waals surface area contributed by atoms with Crippen molar-refractivity contribution in [2.75, 3.05) is 7.05 Å². The second-order valence-corrected chi connectivity index (χ2v) is 4.38. The molecule has 2 rings (SSSR count). The Morgan fingerprint density at radius 2 is 1.18 bits per heavy atom. The van der Waals surface area contributed by atoms with Gasteiger partial charge in [0.25, 0.3) is 0 Å². The minimum absolute atomic E-state index is 0.405. The third-order valence-electron chi connectivity index (χ3n) is 3.27. The fourth-order valence-electron chi connectivity index (χ4n) is 2.26. The number of rotatable bonds is 4. The van der Waals surface area contributed by atoms with E-state index in [0.717, 1.165) is 0 Å². The molecule has 17 heavy (non-hydrogen) atoms. The van der Waals surface area contributed by atoms with Crippen LogP contribution in [0.3, 0.4) is 0 Å². The Morgan fingerprint density at radius 3 is 1.53 bits per heavy atom. The molecular formula is C16H19N. The Bertz CT molecular complexity index is 396. The molecule has 0 fully saturated rings. The summed E-state index contributed by atoms with van der Waals surface area (Å²) in [4.78, 5) is 0. The molecule has 1 heteroatoms. The number of hydrogen-bond donors (Lipinski definition) is 1. The SMILES string of the molecule is CNC(C)C(c1ccccc1)c1ccccc1. The van der Waals surface area contributed by atoms with Crippen LogP contribution < -0.4 is 5.32 Å². The maximum Gasteiger partial charge on any atom is 0.0240 e. The van der Waals surface area contributed by atoms with Crippen molar-refractivity contribution in [3.63, 3.8) is 0 Å². The highest BCUT2D eigenvalue weighted by Crippen LogP contribution is 2.27. The van der Waals surface area contributed by atoms with E-state index >= 15 is 0 Å². The fraction of sp³-hybridized carbons (Fsp3) is 0.250. The summed E-state index contributed by atoms with van der Waals surface area (Å²) >= 11 is 0. The van der Waals surface area contributed by atoms with Crippen LogP contribution in [0.4, 0.5) is 0 Å². The summed E-state index contributed by atoms with van der Waals surface area (Å²) < 4.78 is 0. The Morgan fingerprint density at radius 1 is 0.765 bits per heavy atom. The maximum absolute atomic E-state index is 3.36. The lowest BCUT2D eigenvalue weighted by Crippen LogP contribution is -2.29. The van der Waals surface area contributed by atoms with Gasteiger partial charge in [-0.25, -0.2) is 0 Å². The van der Waals surface area contributed by atoms with E-state index in [0.29, 0.717) is 12.0 Å². The molecule has 1 atom stereocenters. The van der Waals surface area contributed by atoms with Crippen molar-refractivity contribution < 1.29 is 0 Å². The van der Waals surface area contributed by atoms with Crippen molar-refractivity contribution in [2.24, 2.45) is 0 Å². The van der Waals surface area contributed by atoms with Gasteiger partial charge in [-0.3, -0.25) is 0 Å². The topological polar surface area (TPSA) is 12.0 Å². The quantitative estimate of drug-likeness (QED) is 0.840. The molecule has 0 spiro atoms. The van der Waals surface area contributed by atoms with E-state index in [2.05, 4.69) is 72.9 Å². The molecule has 0 heterocycles. The second kappa shape index (κ2) is 5.65. The largest absolute Gasteiger partial charge is 0.316 e. The molecule has 0 saturated carbocycles. The lowest BCUT2D eigenvalue weighted by Gasteiger charge is -2.24. The van der Waals surface area contributed by atoms with Gasteiger partial charge in [-0.15, -0.1) is 0 Å². The summed E-state index contributed by atoms with van der Waals surface area (Å²) in [5.41, 5.74) is 2.72. The molecule has 2 aromatic rings. The Balaban J connectivity index is 2.39. The zero-order chi connectivity index (χ0) is 12.1. The summed E-state index contributed by atoms with van der Waals surface area (Å²) in [6.45, 7) is 2.23. The number of benzene rings is 2. The smallest absolute Gasteiger partial charge is 0.0240 e. The van der Waals surface area contributed by atoms with Crippen molar-refractivity contribution >= 4 is 0 Å². The third-order valence-corrected chi connectivity index (χ3v) is 3.27. The Hall–Kier alpha value is -1.60. The van der Waals surface area contributed by atoms with Crippen molar-refractivity contribution in [3.8, 4) is 0 Å². The van der Waals surface area contributed by atoms with Gasteiger partial charge >= 0.3 is 0 Å². The predicted molar refractivity (Wildman–Crippen MR) is 73.2 cm³/mol. The van der Waals surface area contributed by atoms with Gasteiger partial charge in [0.05, 0.1) is 0 Å². The van der Waals surface area contributed by atoms with Gasteiger partial charge in [0, 0.05) is 12.0 Å². The van der Waals surface area contributed by atoms with E-state index in [4.69, 9.17) is 0 Å². The molecule has 0 aliphatic rings. The first-order valence-electron chi connectivity index (χ1n) is 6.10. The number of nitrogens with one attached hydrogen (secondary N) is 1. The average molecular weight is 225 g/mol. The van der Waals surface area contributed by atoms with Crippen molar-refractivity contribution in [2.45, 2.75) is 18.9 Å². The van der Waals surface area contributed by atoms with Crippen molar-refractivity contribution in [3.05, 3.63) is 71.8 Å². The molecule has 0 saturated heterocycles. The monoisotopic (exact) mass is 225 g/mol. The van der Waals surface area contributed by atoms with Gasteiger partial charge in [-0.1, -0.05) is 60.7 Å². The predicted octanol–water partition coefficient (Wildman–Crippen LogP) is 3.43.